The topological polar surface area (TPSA) is 76.0 Å². The molecular weight excluding hydrogens is 339 g/mol. The third-order valence-electron chi connectivity index (χ3n) is 3.33. The van der Waals surface area contributed by atoms with E-state index in [1.165, 1.54) is 10.9 Å². The SMILES string of the molecule is Cc1ncn(CCNC(=O)Nc2ccc(Cl)cc2Cl)c(=O)c1C. The summed E-state index contributed by atoms with van der Waals surface area (Å²) < 4.78 is 1.46. The van der Waals surface area contributed by atoms with Gasteiger partial charge in [0.15, 0.2) is 0 Å². The fraction of sp³-hybridized carbons (Fsp3) is 0.267. The summed E-state index contributed by atoms with van der Waals surface area (Å²) in [4.78, 5) is 28.0. The predicted molar refractivity (Wildman–Crippen MR) is 91.5 cm³/mol. The molecule has 1 aromatic heterocycles. The maximum atomic E-state index is 12.0. The minimum atomic E-state index is -0.418. The summed E-state index contributed by atoms with van der Waals surface area (Å²) in [7, 11) is 0. The van der Waals surface area contributed by atoms with Crippen LogP contribution in [0.3, 0.4) is 0 Å². The lowest BCUT2D eigenvalue weighted by atomic mass is 10.3. The Balaban J connectivity index is 1.90. The van der Waals surface area contributed by atoms with Crippen molar-refractivity contribution in [2.75, 3.05) is 11.9 Å². The van der Waals surface area contributed by atoms with E-state index in [9.17, 15) is 9.59 Å². The number of carbonyl (C=O) groups excluding carboxylic acids is 1. The van der Waals surface area contributed by atoms with Gasteiger partial charge in [-0.05, 0) is 32.0 Å². The Morgan fingerprint density at radius 3 is 2.74 bits per heavy atom. The molecule has 1 aromatic carbocycles. The van der Waals surface area contributed by atoms with Gasteiger partial charge >= 0.3 is 6.03 Å². The zero-order chi connectivity index (χ0) is 17.0. The van der Waals surface area contributed by atoms with E-state index in [4.69, 9.17) is 23.2 Å². The molecule has 0 aliphatic heterocycles. The van der Waals surface area contributed by atoms with E-state index in [2.05, 4.69) is 15.6 Å². The van der Waals surface area contributed by atoms with Crippen LogP contribution in [0.5, 0.6) is 0 Å². The molecule has 2 rings (SSSR count). The molecule has 0 spiro atoms. The van der Waals surface area contributed by atoms with Gasteiger partial charge in [-0.3, -0.25) is 9.36 Å². The third kappa shape index (κ3) is 4.46. The van der Waals surface area contributed by atoms with Crippen molar-refractivity contribution in [3.05, 3.63) is 56.2 Å². The first kappa shape index (κ1) is 17.3. The summed E-state index contributed by atoms with van der Waals surface area (Å²) in [6.07, 6.45) is 1.47. The summed E-state index contributed by atoms with van der Waals surface area (Å²) in [6.45, 7) is 4.11. The Labute approximate surface area is 143 Å². The number of carbonyl (C=O) groups is 1. The van der Waals surface area contributed by atoms with Gasteiger partial charge in [0.2, 0.25) is 0 Å². The first-order valence-corrected chi connectivity index (χ1v) is 7.66. The van der Waals surface area contributed by atoms with Gasteiger partial charge in [-0.1, -0.05) is 23.2 Å². The molecule has 2 aromatic rings. The van der Waals surface area contributed by atoms with Crippen molar-refractivity contribution in [2.45, 2.75) is 20.4 Å². The second kappa shape index (κ2) is 7.48. The van der Waals surface area contributed by atoms with Crippen LogP contribution >= 0.6 is 23.2 Å². The number of halogens is 2. The van der Waals surface area contributed by atoms with Gasteiger partial charge in [-0.15, -0.1) is 0 Å². The summed E-state index contributed by atoms with van der Waals surface area (Å²) in [6, 6.07) is 4.36. The highest BCUT2D eigenvalue weighted by atomic mass is 35.5. The molecule has 23 heavy (non-hydrogen) atoms. The highest BCUT2D eigenvalue weighted by Crippen LogP contribution is 2.25. The molecule has 0 aliphatic carbocycles. The molecule has 6 nitrogen and oxygen atoms in total. The van der Waals surface area contributed by atoms with Crippen molar-refractivity contribution in [3.63, 3.8) is 0 Å². The van der Waals surface area contributed by atoms with E-state index in [1.54, 1.807) is 32.0 Å². The van der Waals surface area contributed by atoms with Gasteiger partial charge in [-0.25, -0.2) is 9.78 Å². The minimum absolute atomic E-state index is 0.111. The number of aromatic nitrogens is 2. The van der Waals surface area contributed by atoms with Crippen molar-refractivity contribution < 1.29 is 4.79 Å². The van der Waals surface area contributed by atoms with E-state index in [0.29, 0.717) is 33.5 Å². The number of hydrogen-bond acceptors (Lipinski definition) is 3. The normalized spacial score (nSPS) is 10.4. The largest absolute Gasteiger partial charge is 0.336 e. The van der Waals surface area contributed by atoms with Gasteiger partial charge in [0, 0.05) is 29.4 Å². The number of urea groups is 1. The summed E-state index contributed by atoms with van der Waals surface area (Å²) in [5.74, 6) is 0. The van der Waals surface area contributed by atoms with Crippen LogP contribution in [0.15, 0.2) is 29.3 Å². The van der Waals surface area contributed by atoms with Crippen molar-refractivity contribution >= 4 is 34.9 Å². The summed E-state index contributed by atoms with van der Waals surface area (Å²) in [5, 5.41) is 6.11. The maximum absolute atomic E-state index is 12.0. The van der Waals surface area contributed by atoms with Crippen molar-refractivity contribution in [1.82, 2.24) is 14.9 Å². The lowest BCUT2D eigenvalue weighted by molar-refractivity contribution is 0.251. The summed E-state index contributed by atoms with van der Waals surface area (Å²) >= 11 is 11.8. The molecule has 8 heteroatoms. The van der Waals surface area contributed by atoms with Crippen LogP contribution in [0.1, 0.15) is 11.3 Å². The number of nitrogens with one attached hydrogen (secondary N) is 2. The second-order valence-electron chi connectivity index (χ2n) is 4.96. The van der Waals surface area contributed by atoms with Gasteiger partial charge in [-0.2, -0.15) is 0 Å². The molecule has 0 fully saturated rings. The standard InChI is InChI=1S/C15H16Cl2N4O2/c1-9-10(2)19-8-21(14(9)22)6-5-18-15(23)20-13-4-3-11(16)7-12(13)17/h3-4,7-8H,5-6H2,1-2H3,(H2,18,20,23). The molecule has 0 saturated heterocycles. The van der Waals surface area contributed by atoms with Crippen LogP contribution in [-0.2, 0) is 6.54 Å². The number of benzene rings is 1. The number of rotatable bonds is 4. The van der Waals surface area contributed by atoms with E-state index in [0.717, 1.165) is 0 Å². The number of amides is 2. The Morgan fingerprint density at radius 2 is 2.04 bits per heavy atom. The first-order valence-electron chi connectivity index (χ1n) is 6.91. The monoisotopic (exact) mass is 354 g/mol. The maximum Gasteiger partial charge on any atom is 0.319 e. The Kier molecular flexibility index (Phi) is 5.63. The molecule has 0 unspecified atom stereocenters. The molecule has 0 saturated carbocycles. The smallest absolute Gasteiger partial charge is 0.319 e. The third-order valence-corrected chi connectivity index (χ3v) is 3.88. The van der Waals surface area contributed by atoms with E-state index < -0.39 is 6.03 Å². The van der Waals surface area contributed by atoms with Crippen molar-refractivity contribution in [3.8, 4) is 0 Å². The molecular formula is C15H16Cl2N4O2. The van der Waals surface area contributed by atoms with E-state index >= 15 is 0 Å². The van der Waals surface area contributed by atoms with Crippen LogP contribution in [0, 0.1) is 13.8 Å². The molecule has 0 atom stereocenters. The van der Waals surface area contributed by atoms with Crippen LogP contribution in [0.25, 0.3) is 0 Å². The fourth-order valence-corrected chi connectivity index (χ4v) is 2.34. The molecule has 2 N–H and O–H groups in total. The van der Waals surface area contributed by atoms with E-state index in [1.807, 2.05) is 0 Å². The minimum Gasteiger partial charge on any atom is -0.336 e. The Hall–Kier alpha value is -2.05. The highest BCUT2D eigenvalue weighted by Gasteiger charge is 2.07. The predicted octanol–water partition coefficient (Wildman–Crippen LogP) is 2.99. The quantitative estimate of drug-likeness (QED) is 0.885. The van der Waals surface area contributed by atoms with Gasteiger partial charge in [0.1, 0.15) is 0 Å². The second-order valence-corrected chi connectivity index (χ2v) is 5.80. The Morgan fingerprint density at radius 1 is 1.30 bits per heavy atom. The molecule has 0 aliphatic rings. The fourth-order valence-electron chi connectivity index (χ4n) is 1.88. The van der Waals surface area contributed by atoms with Gasteiger partial charge < -0.3 is 10.6 Å². The number of nitrogens with zero attached hydrogens (tertiary/aromatic N) is 2. The highest BCUT2D eigenvalue weighted by molar-refractivity contribution is 6.36. The molecule has 0 radical (unpaired) electrons. The zero-order valence-electron chi connectivity index (χ0n) is 12.7. The number of aryl methyl sites for hydroxylation is 1. The van der Waals surface area contributed by atoms with Crippen molar-refractivity contribution in [1.29, 1.82) is 0 Å². The van der Waals surface area contributed by atoms with Crippen molar-refractivity contribution in [2.24, 2.45) is 0 Å². The van der Waals surface area contributed by atoms with Crippen LogP contribution in [0.4, 0.5) is 10.5 Å². The van der Waals surface area contributed by atoms with Crippen LogP contribution in [0.2, 0.25) is 10.0 Å². The first-order chi connectivity index (χ1) is 10.9. The lowest BCUT2D eigenvalue weighted by Crippen LogP contribution is -2.34. The van der Waals surface area contributed by atoms with Gasteiger partial charge in [0.25, 0.3) is 5.56 Å². The number of hydrogen-bond donors (Lipinski definition) is 2. The molecule has 122 valence electrons. The number of anilines is 1. The summed E-state index contributed by atoms with van der Waals surface area (Å²) in [5.41, 5.74) is 1.65. The zero-order valence-corrected chi connectivity index (χ0v) is 14.2. The average molecular weight is 355 g/mol. The van der Waals surface area contributed by atoms with Crippen LogP contribution in [-0.4, -0.2) is 22.1 Å². The Bertz CT molecular complexity index is 790. The lowest BCUT2D eigenvalue weighted by Gasteiger charge is -2.11. The van der Waals surface area contributed by atoms with Crippen LogP contribution < -0.4 is 16.2 Å². The van der Waals surface area contributed by atoms with E-state index in [-0.39, 0.29) is 12.1 Å². The molecule has 2 amide bonds. The molecule has 1 heterocycles. The average Bonchev–Trinajstić information content (AvgIpc) is 2.50. The molecule has 0 bridgehead atoms. The van der Waals surface area contributed by atoms with Gasteiger partial charge in [0.05, 0.1) is 17.0 Å².